The minimum atomic E-state index is -0.495. The van der Waals surface area contributed by atoms with Crippen molar-refractivity contribution < 1.29 is 23.4 Å². The van der Waals surface area contributed by atoms with E-state index in [1.165, 1.54) is 67.4 Å². The van der Waals surface area contributed by atoms with Gasteiger partial charge >= 0.3 is 5.97 Å². The van der Waals surface area contributed by atoms with E-state index in [1.807, 2.05) is 12.1 Å². The maximum absolute atomic E-state index is 14.3. The molecule has 4 fully saturated rings. The Labute approximate surface area is 322 Å². The third-order valence-corrected chi connectivity index (χ3v) is 12.5. The summed E-state index contributed by atoms with van der Waals surface area (Å²) in [5.41, 5.74) is 7.59. The number of esters is 1. The number of nitrogens with one attached hydrogen (secondary N) is 1. The average molecular weight is 744 g/mol. The fraction of sp³-hybridized carbons (Fsp3) is 0.422. The summed E-state index contributed by atoms with van der Waals surface area (Å²) in [7, 11) is 3.15. The second-order valence-corrected chi connectivity index (χ2v) is 16.5. The van der Waals surface area contributed by atoms with Crippen molar-refractivity contribution in [3.63, 3.8) is 0 Å². The first-order valence-electron chi connectivity index (χ1n) is 19.7. The smallest absolute Gasteiger partial charge is 0.341 e. The molecule has 286 valence electrons. The van der Waals surface area contributed by atoms with Crippen LogP contribution in [-0.4, -0.2) is 78.7 Å². The van der Waals surface area contributed by atoms with Crippen LogP contribution in [-0.2, 0) is 11.3 Å². The van der Waals surface area contributed by atoms with Crippen molar-refractivity contribution >= 4 is 22.7 Å². The van der Waals surface area contributed by atoms with Gasteiger partial charge in [-0.3, -0.25) is 9.80 Å². The van der Waals surface area contributed by atoms with Crippen LogP contribution in [0.1, 0.15) is 90.0 Å². The van der Waals surface area contributed by atoms with E-state index in [2.05, 4.69) is 81.0 Å². The maximum atomic E-state index is 14.3. The number of carbonyl (C=O) groups is 1. The van der Waals surface area contributed by atoms with Crippen molar-refractivity contribution in [3.8, 4) is 17.2 Å². The van der Waals surface area contributed by atoms with Crippen LogP contribution in [0.15, 0.2) is 79.1 Å². The Morgan fingerprint density at radius 2 is 1.80 bits per heavy atom. The van der Waals surface area contributed by atoms with E-state index in [9.17, 15) is 9.18 Å². The molecule has 9 nitrogen and oxygen atoms in total. The number of halogens is 1. The molecule has 0 amide bonds. The van der Waals surface area contributed by atoms with Gasteiger partial charge in [0.05, 0.1) is 25.8 Å². The molecule has 2 aliphatic heterocycles. The number of piperazine rings is 1. The molecule has 10 heteroatoms. The molecule has 0 unspecified atom stereocenters. The number of H-pyrrole nitrogens is 1. The van der Waals surface area contributed by atoms with E-state index >= 15 is 0 Å². The number of carbonyl (C=O) groups excluding carboxylic acids is 1. The number of aromatic nitrogens is 2. The molecule has 2 aliphatic carbocycles. The third kappa shape index (κ3) is 6.84. The number of rotatable bonds is 11. The van der Waals surface area contributed by atoms with Crippen LogP contribution < -0.4 is 14.4 Å². The molecule has 1 N–H and O–H groups in total. The van der Waals surface area contributed by atoms with Gasteiger partial charge in [0, 0.05) is 74.7 Å². The minimum Gasteiger partial charge on any atom is -0.496 e. The number of fused-ring (bicyclic) bond motifs is 1. The number of methoxy groups -OCH3 is 2. The molecule has 2 aromatic heterocycles. The first kappa shape index (κ1) is 35.8. The molecule has 1 atom stereocenters. The lowest BCUT2D eigenvalue weighted by atomic mass is 9.59. The van der Waals surface area contributed by atoms with Gasteiger partial charge in [-0.2, -0.15) is 0 Å². The van der Waals surface area contributed by atoms with E-state index in [1.54, 1.807) is 19.2 Å². The zero-order valence-corrected chi connectivity index (χ0v) is 32.2. The van der Waals surface area contributed by atoms with E-state index in [4.69, 9.17) is 14.2 Å². The van der Waals surface area contributed by atoms with Crippen molar-refractivity contribution in [2.45, 2.75) is 70.0 Å². The summed E-state index contributed by atoms with van der Waals surface area (Å²) in [6.07, 6.45) is 7.66. The number of pyridine rings is 1. The number of hydrogen-bond acceptors (Lipinski definition) is 8. The van der Waals surface area contributed by atoms with Crippen molar-refractivity contribution in [2.24, 2.45) is 5.41 Å². The monoisotopic (exact) mass is 743 g/mol. The summed E-state index contributed by atoms with van der Waals surface area (Å²) < 4.78 is 31.4. The number of nitrogens with zero attached hydrogens (tertiary/aromatic N) is 4. The summed E-state index contributed by atoms with van der Waals surface area (Å²) in [6.45, 7) is 10.5. The normalized spacial score (nSPS) is 20.1. The SMILES string of the molecule is COC(=O)c1ccc(N2CC3(CC(N4CCN(Cc5ccc(C6CC6)c(OC)c5)C[C@H]4c4ccccc4C(C)C)C3)C2)cc1Oc1cnc2[nH]cc(F)c2c1. The molecule has 0 bridgehead atoms. The van der Waals surface area contributed by atoms with E-state index in [0.29, 0.717) is 52.0 Å². The van der Waals surface area contributed by atoms with E-state index in [-0.39, 0.29) is 5.41 Å². The van der Waals surface area contributed by atoms with Gasteiger partial charge in [0.15, 0.2) is 0 Å². The second-order valence-electron chi connectivity index (χ2n) is 16.5. The van der Waals surface area contributed by atoms with Gasteiger partial charge in [-0.15, -0.1) is 0 Å². The Kier molecular flexibility index (Phi) is 9.29. The van der Waals surface area contributed by atoms with Crippen molar-refractivity contribution in [1.29, 1.82) is 0 Å². The molecule has 55 heavy (non-hydrogen) atoms. The molecule has 4 aliphatic rings. The molecule has 2 saturated carbocycles. The first-order chi connectivity index (χ1) is 26.7. The predicted octanol–water partition coefficient (Wildman–Crippen LogP) is 8.82. The standard InChI is InChI=1S/C45H50FN5O4/c1-28(2)34-7-5-6-8-36(34)40-25-49(24-29-9-13-35(30-10-11-30)41(17-29)53-3)15-16-51(40)32-20-45(21-32)26-50(27-45)31-12-14-37(44(52)54-4)42(18-31)55-33-19-38-39(46)23-48-43(38)47-22-33/h5-9,12-14,17-19,22-23,28,30,32,40H,10-11,15-16,20-21,24-27H2,1-4H3,(H,47,48)/t40-/m0/s1. The Morgan fingerprint density at radius 1 is 0.982 bits per heavy atom. The molecule has 2 saturated heterocycles. The fourth-order valence-corrected chi connectivity index (χ4v) is 9.48. The Balaban J connectivity index is 0.897. The van der Waals surface area contributed by atoms with Crippen LogP contribution in [0.25, 0.3) is 11.0 Å². The van der Waals surface area contributed by atoms with Crippen LogP contribution >= 0.6 is 0 Å². The molecular weight excluding hydrogens is 694 g/mol. The first-order valence-corrected chi connectivity index (χ1v) is 19.7. The highest BCUT2D eigenvalue weighted by Crippen LogP contribution is 2.54. The summed E-state index contributed by atoms with van der Waals surface area (Å²) in [4.78, 5) is 27.6. The molecule has 1 spiro atoms. The highest BCUT2D eigenvalue weighted by atomic mass is 19.1. The summed E-state index contributed by atoms with van der Waals surface area (Å²) in [5.74, 6) is 1.96. The highest BCUT2D eigenvalue weighted by Gasteiger charge is 2.55. The average Bonchev–Trinajstić information content (AvgIpc) is 3.95. The molecule has 4 heterocycles. The molecular formula is C45H50FN5O4. The maximum Gasteiger partial charge on any atom is 0.341 e. The van der Waals surface area contributed by atoms with Crippen LogP contribution in [0.4, 0.5) is 10.1 Å². The van der Waals surface area contributed by atoms with Crippen LogP contribution in [0.5, 0.6) is 17.2 Å². The number of benzene rings is 3. The van der Waals surface area contributed by atoms with Gasteiger partial charge in [-0.1, -0.05) is 50.2 Å². The van der Waals surface area contributed by atoms with Crippen molar-refractivity contribution in [3.05, 3.63) is 113 Å². The second kappa shape index (κ2) is 14.3. The predicted molar refractivity (Wildman–Crippen MR) is 212 cm³/mol. The van der Waals surface area contributed by atoms with Crippen LogP contribution in [0, 0.1) is 11.2 Å². The highest BCUT2D eigenvalue weighted by molar-refractivity contribution is 5.93. The van der Waals surface area contributed by atoms with Gasteiger partial charge < -0.3 is 24.1 Å². The van der Waals surface area contributed by atoms with Crippen LogP contribution in [0.2, 0.25) is 0 Å². The summed E-state index contributed by atoms with van der Waals surface area (Å²) in [5, 5.41) is 0.327. The summed E-state index contributed by atoms with van der Waals surface area (Å²) in [6, 6.07) is 24.0. The molecule has 3 aromatic carbocycles. The summed E-state index contributed by atoms with van der Waals surface area (Å²) >= 11 is 0. The number of aromatic amines is 1. The zero-order chi connectivity index (χ0) is 37.8. The van der Waals surface area contributed by atoms with Gasteiger partial charge in [-0.25, -0.2) is 14.2 Å². The van der Waals surface area contributed by atoms with Gasteiger partial charge in [0.2, 0.25) is 0 Å². The lowest BCUT2D eigenvalue weighted by Gasteiger charge is -2.63. The molecule has 9 rings (SSSR count). The fourth-order valence-electron chi connectivity index (χ4n) is 9.48. The Bertz CT molecular complexity index is 2220. The van der Waals surface area contributed by atoms with Crippen molar-refractivity contribution in [1.82, 2.24) is 19.8 Å². The zero-order valence-electron chi connectivity index (χ0n) is 32.2. The number of hydrogen-bond donors (Lipinski definition) is 1. The van der Waals surface area contributed by atoms with Crippen LogP contribution in [0.3, 0.4) is 0 Å². The Morgan fingerprint density at radius 3 is 2.56 bits per heavy atom. The van der Waals surface area contributed by atoms with E-state index in [0.717, 1.165) is 50.7 Å². The molecule has 0 radical (unpaired) electrons. The third-order valence-electron chi connectivity index (χ3n) is 12.5. The topological polar surface area (TPSA) is 83.2 Å². The lowest BCUT2D eigenvalue weighted by Crippen LogP contribution is -2.68. The van der Waals surface area contributed by atoms with Gasteiger partial charge in [-0.05, 0) is 84.0 Å². The number of anilines is 1. The van der Waals surface area contributed by atoms with Gasteiger partial charge in [0.1, 0.15) is 34.3 Å². The lowest BCUT2D eigenvalue weighted by molar-refractivity contribution is -0.0647. The number of ether oxygens (including phenoxy) is 3. The van der Waals surface area contributed by atoms with E-state index < -0.39 is 11.8 Å². The molecule has 5 aromatic rings. The Hall–Kier alpha value is -4.93. The quantitative estimate of drug-likeness (QED) is 0.135. The van der Waals surface area contributed by atoms with Crippen molar-refractivity contribution in [2.75, 3.05) is 51.8 Å². The van der Waals surface area contributed by atoms with Gasteiger partial charge in [0.25, 0.3) is 0 Å². The largest absolute Gasteiger partial charge is 0.496 e. The minimum absolute atomic E-state index is 0.270.